The molecule has 1 aromatic rings. The standard InChI is InChI=1S/C14H22FN3O3/c1-4-21-13-8-12(11(16)7-10(13)15)18-9(2)14(19)17-5-6-20-3/h7-9,18H,4-6,16H2,1-3H3,(H,17,19). The summed E-state index contributed by atoms with van der Waals surface area (Å²) >= 11 is 0. The molecule has 0 aliphatic carbocycles. The molecule has 1 rings (SSSR count). The second kappa shape index (κ2) is 8.31. The van der Waals surface area contributed by atoms with Crippen LogP contribution in [0.4, 0.5) is 15.8 Å². The van der Waals surface area contributed by atoms with Crippen LogP contribution in [0.2, 0.25) is 0 Å². The van der Waals surface area contributed by atoms with E-state index in [1.807, 2.05) is 0 Å². The van der Waals surface area contributed by atoms with Crippen LogP contribution in [-0.2, 0) is 9.53 Å². The Hall–Kier alpha value is -2.02. The molecular formula is C14H22FN3O3. The molecule has 0 spiro atoms. The SMILES string of the molecule is CCOc1cc(NC(C)C(=O)NCCOC)c(N)cc1F. The third-order valence-electron chi connectivity index (χ3n) is 2.77. The fourth-order valence-electron chi connectivity index (χ4n) is 1.69. The highest BCUT2D eigenvalue weighted by Gasteiger charge is 2.15. The molecule has 1 aromatic carbocycles. The summed E-state index contributed by atoms with van der Waals surface area (Å²) in [5.74, 6) is -0.632. The number of amides is 1. The lowest BCUT2D eigenvalue weighted by Crippen LogP contribution is -2.39. The van der Waals surface area contributed by atoms with Gasteiger partial charge in [-0.05, 0) is 13.8 Å². The quantitative estimate of drug-likeness (QED) is 0.498. The first-order valence-electron chi connectivity index (χ1n) is 6.74. The van der Waals surface area contributed by atoms with Crippen molar-refractivity contribution < 1.29 is 18.7 Å². The van der Waals surface area contributed by atoms with Gasteiger partial charge in [-0.2, -0.15) is 0 Å². The number of nitrogens with two attached hydrogens (primary N) is 1. The smallest absolute Gasteiger partial charge is 0.242 e. The van der Waals surface area contributed by atoms with E-state index in [2.05, 4.69) is 10.6 Å². The minimum absolute atomic E-state index is 0.0983. The van der Waals surface area contributed by atoms with E-state index in [1.165, 1.54) is 12.1 Å². The van der Waals surface area contributed by atoms with Crippen molar-refractivity contribution in [3.05, 3.63) is 17.9 Å². The van der Waals surface area contributed by atoms with Gasteiger partial charge in [-0.1, -0.05) is 0 Å². The first kappa shape index (κ1) is 17.0. The van der Waals surface area contributed by atoms with E-state index >= 15 is 0 Å². The zero-order valence-corrected chi connectivity index (χ0v) is 12.5. The predicted molar refractivity (Wildman–Crippen MR) is 80.0 cm³/mol. The van der Waals surface area contributed by atoms with Crippen LogP contribution < -0.4 is 21.1 Å². The summed E-state index contributed by atoms with van der Waals surface area (Å²) in [5, 5.41) is 5.64. The number of carbonyl (C=O) groups excluding carboxylic acids is 1. The average Bonchev–Trinajstić information content (AvgIpc) is 2.44. The number of benzene rings is 1. The molecule has 7 heteroatoms. The number of halogens is 1. The van der Waals surface area contributed by atoms with Crippen molar-refractivity contribution in [1.82, 2.24) is 5.32 Å². The number of rotatable bonds is 8. The van der Waals surface area contributed by atoms with E-state index in [0.717, 1.165) is 0 Å². The normalized spacial score (nSPS) is 11.8. The number of ether oxygens (including phenoxy) is 2. The summed E-state index contributed by atoms with van der Waals surface area (Å²) in [4.78, 5) is 11.8. The van der Waals surface area contributed by atoms with Crippen molar-refractivity contribution >= 4 is 17.3 Å². The van der Waals surface area contributed by atoms with Gasteiger partial charge >= 0.3 is 0 Å². The maximum absolute atomic E-state index is 13.6. The van der Waals surface area contributed by atoms with E-state index in [4.69, 9.17) is 15.2 Å². The summed E-state index contributed by atoms with van der Waals surface area (Å²) in [7, 11) is 1.56. The van der Waals surface area contributed by atoms with Crippen LogP contribution in [0, 0.1) is 5.82 Å². The van der Waals surface area contributed by atoms with Gasteiger partial charge in [0.25, 0.3) is 0 Å². The zero-order chi connectivity index (χ0) is 15.8. The fourth-order valence-corrected chi connectivity index (χ4v) is 1.69. The van der Waals surface area contributed by atoms with E-state index in [9.17, 15) is 9.18 Å². The molecule has 21 heavy (non-hydrogen) atoms. The molecule has 0 bridgehead atoms. The molecule has 0 saturated heterocycles. The average molecular weight is 299 g/mol. The Balaban J connectivity index is 2.72. The highest BCUT2D eigenvalue weighted by atomic mass is 19.1. The molecule has 1 amide bonds. The lowest BCUT2D eigenvalue weighted by atomic mass is 10.2. The minimum Gasteiger partial charge on any atom is -0.491 e. The van der Waals surface area contributed by atoms with Gasteiger partial charge in [-0.15, -0.1) is 0 Å². The van der Waals surface area contributed by atoms with Crippen molar-refractivity contribution in [3.63, 3.8) is 0 Å². The van der Waals surface area contributed by atoms with Crippen LogP contribution in [0.1, 0.15) is 13.8 Å². The second-order valence-electron chi connectivity index (χ2n) is 4.45. The van der Waals surface area contributed by atoms with E-state index in [0.29, 0.717) is 25.4 Å². The van der Waals surface area contributed by atoms with Crippen LogP contribution >= 0.6 is 0 Å². The topological polar surface area (TPSA) is 85.6 Å². The summed E-state index contributed by atoms with van der Waals surface area (Å²) in [5.41, 5.74) is 6.42. The van der Waals surface area contributed by atoms with Crippen LogP contribution in [0.15, 0.2) is 12.1 Å². The zero-order valence-electron chi connectivity index (χ0n) is 12.5. The van der Waals surface area contributed by atoms with E-state index in [1.54, 1.807) is 21.0 Å². The molecule has 1 unspecified atom stereocenters. The third-order valence-corrected chi connectivity index (χ3v) is 2.77. The Bertz CT molecular complexity index is 483. The van der Waals surface area contributed by atoms with E-state index < -0.39 is 11.9 Å². The summed E-state index contributed by atoms with van der Waals surface area (Å²) in [6.07, 6.45) is 0. The Morgan fingerprint density at radius 1 is 1.48 bits per heavy atom. The molecule has 0 radical (unpaired) electrons. The molecule has 118 valence electrons. The van der Waals surface area contributed by atoms with Crippen molar-refractivity contribution in [2.24, 2.45) is 0 Å². The fraction of sp³-hybridized carbons (Fsp3) is 0.500. The Kier molecular flexibility index (Phi) is 6.74. The lowest BCUT2D eigenvalue weighted by molar-refractivity contribution is -0.121. The number of anilines is 2. The Morgan fingerprint density at radius 3 is 2.81 bits per heavy atom. The third kappa shape index (κ3) is 5.11. The van der Waals surface area contributed by atoms with Gasteiger partial charge < -0.3 is 25.8 Å². The molecule has 0 fully saturated rings. The van der Waals surface area contributed by atoms with Gasteiger partial charge in [0, 0.05) is 25.8 Å². The molecule has 0 aliphatic rings. The van der Waals surface area contributed by atoms with Crippen molar-refractivity contribution in [3.8, 4) is 5.75 Å². The van der Waals surface area contributed by atoms with Gasteiger partial charge in [0.1, 0.15) is 6.04 Å². The highest BCUT2D eigenvalue weighted by molar-refractivity contribution is 5.85. The molecule has 0 saturated carbocycles. The van der Waals surface area contributed by atoms with E-state index in [-0.39, 0.29) is 17.3 Å². The first-order valence-corrected chi connectivity index (χ1v) is 6.74. The summed E-state index contributed by atoms with van der Waals surface area (Å²) in [6, 6.07) is 2.10. The van der Waals surface area contributed by atoms with Crippen LogP contribution in [0.3, 0.4) is 0 Å². The van der Waals surface area contributed by atoms with Gasteiger partial charge in [0.15, 0.2) is 11.6 Å². The van der Waals surface area contributed by atoms with Crippen molar-refractivity contribution in [1.29, 1.82) is 0 Å². The first-order chi connectivity index (χ1) is 9.99. The monoisotopic (exact) mass is 299 g/mol. The number of methoxy groups -OCH3 is 1. The number of hydrogen-bond acceptors (Lipinski definition) is 5. The van der Waals surface area contributed by atoms with Gasteiger partial charge in [0.05, 0.1) is 24.6 Å². The second-order valence-corrected chi connectivity index (χ2v) is 4.45. The number of nitrogen functional groups attached to an aromatic ring is 1. The van der Waals surface area contributed by atoms with Crippen LogP contribution in [-0.4, -0.2) is 38.8 Å². The van der Waals surface area contributed by atoms with Gasteiger partial charge in [0.2, 0.25) is 5.91 Å². The Morgan fingerprint density at radius 2 is 2.19 bits per heavy atom. The van der Waals surface area contributed by atoms with Crippen LogP contribution in [0.5, 0.6) is 5.75 Å². The number of carbonyl (C=O) groups is 1. The number of hydrogen-bond donors (Lipinski definition) is 3. The molecule has 0 heterocycles. The number of nitrogens with one attached hydrogen (secondary N) is 2. The van der Waals surface area contributed by atoms with Gasteiger partial charge in [-0.25, -0.2) is 4.39 Å². The predicted octanol–water partition coefficient (Wildman–Crippen LogP) is 1.37. The molecule has 4 N–H and O–H groups in total. The van der Waals surface area contributed by atoms with Crippen molar-refractivity contribution in [2.75, 3.05) is 37.9 Å². The molecule has 1 atom stereocenters. The molecule has 0 aliphatic heterocycles. The van der Waals surface area contributed by atoms with Gasteiger partial charge in [-0.3, -0.25) is 4.79 Å². The largest absolute Gasteiger partial charge is 0.491 e. The molecule has 0 aromatic heterocycles. The van der Waals surface area contributed by atoms with Crippen molar-refractivity contribution in [2.45, 2.75) is 19.9 Å². The minimum atomic E-state index is -0.530. The summed E-state index contributed by atoms with van der Waals surface area (Å²) < 4.78 is 23.6. The van der Waals surface area contributed by atoms with Crippen LogP contribution in [0.25, 0.3) is 0 Å². The Labute approximate surface area is 123 Å². The molecule has 6 nitrogen and oxygen atoms in total. The lowest BCUT2D eigenvalue weighted by Gasteiger charge is -2.17. The maximum atomic E-state index is 13.6. The highest BCUT2D eigenvalue weighted by Crippen LogP contribution is 2.28. The molecular weight excluding hydrogens is 277 g/mol. The maximum Gasteiger partial charge on any atom is 0.242 e. The summed E-state index contributed by atoms with van der Waals surface area (Å²) in [6.45, 7) is 4.64.